The predicted octanol–water partition coefficient (Wildman–Crippen LogP) is 4.13. The number of likely N-dealkylation sites (tertiary alicyclic amines) is 1. The van der Waals surface area contributed by atoms with Crippen molar-refractivity contribution in [3.05, 3.63) is 0 Å². The molecule has 1 amide bonds. The number of aliphatic hydroxyl groups is 2. The molecule has 1 aliphatic heterocycles. The minimum atomic E-state index is -0.768. The first-order valence-electron chi connectivity index (χ1n) is 17.6. The Balaban J connectivity index is 1.56. The molecule has 0 aromatic heterocycles. The molecule has 1 heterocycles. The Morgan fingerprint density at radius 2 is 1.69 bits per heavy atom. The Hall–Kier alpha value is -1.71. The Morgan fingerprint density at radius 3 is 2.24 bits per heavy atom. The van der Waals surface area contributed by atoms with E-state index in [9.17, 15) is 24.6 Å². The number of esters is 2. The van der Waals surface area contributed by atoms with Crippen LogP contribution in [0.5, 0.6) is 0 Å². The van der Waals surface area contributed by atoms with Gasteiger partial charge in [-0.05, 0) is 81.7 Å². The zero-order valence-corrected chi connectivity index (χ0v) is 29.4. The largest absolute Gasteiger partial charge is 0.462 e. The van der Waals surface area contributed by atoms with Gasteiger partial charge in [-0.2, -0.15) is 0 Å². The number of ether oxygens (including phenoxy) is 2. The lowest BCUT2D eigenvalue weighted by atomic mass is 9.42. The molecular weight excluding hydrogens is 572 g/mol. The molecule has 0 radical (unpaired) electrons. The zero-order chi connectivity index (χ0) is 33.3. The standard InChI is InChI=1S/C36H60N2O7/c1-18(2)13-30(41)45-28-16-35(7)25(14-27(40)31(35)20(5)37(9)10)22-11-12-24-33(42)26(38-17-23(19(3)4)34(38)43)15-29(44-21(6)39)36(24,8)32(22)28/h18-20,22-29,31-33,40,42H,11-17H2,1-10H3/t20-,22-,23+,24-,25-,26-,27-,28+,29+,31-,32+,33+,35-,36+/m0/s1. The van der Waals surface area contributed by atoms with E-state index < -0.39 is 35.9 Å². The lowest BCUT2D eigenvalue weighted by molar-refractivity contribution is -0.251. The third-order valence-electron chi connectivity index (χ3n) is 13.5. The van der Waals surface area contributed by atoms with Crippen molar-refractivity contribution in [3.63, 3.8) is 0 Å². The van der Waals surface area contributed by atoms with Crippen molar-refractivity contribution in [1.82, 2.24) is 9.80 Å². The van der Waals surface area contributed by atoms with Crippen LogP contribution in [-0.2, 0) is 23.9 Å². The van der Waals surface area contributed by atoms with Gasteiger partial charge < -0.3 is 29.5 Å². The molecule has 4 saturated carbocycles. The first-order chi connectivity index (χ1) is 20.9. The number of hydrogen-bond donors (Lipinski definition) is 2. The minimum absolute atomic E-state index is 0.0206. The number of carbonyl (C=O) groups is 3. The maximum Gasteiger partial charge on any atom is 0.306 e. The van der Waals surface area contributed by atoms with Crippen molar-refractivity contribution >= 4 is 17.8 Å². The molecule has 5 fully saturated rings. The molecule has 0 aromatic rings. The Bertz CT molecular complexity index is 1140. The molecular formula is C36H60N2O7. The molecule has 45 heavy (non-hydrogen) atoms. The maximum atomic E-state index is 13.4. The number of nitrogens with zero attached hydrogens (tertiary/aromatic N) is 2. The highest BCUT2D eigenvalue weighted by Crippen LogP contribution is 2.69. The molecule has 9 heteroatoms. The molecule has 0 bridgehead atoms. The van der Waals surface area contributed by atoms with E-state index in [0.717, 1.165) is 12.8 Å². The molecule has 0 spiro atoms. The number of hydrogen-bond acceptors (Lipinski definition) is 8. The predicted molar refractivity (Wildman–Crippen MR) is 171 cm³/mol. The van der Waals surface area contributed by atoms with Crippen LogP contribution in [0.1, 0.15) is 93.9 Å². The van der Waals surface area contributed by atoms with Gasteiger partial charge in [-0.3, -0.25) is 14.4 Å². The van der Waals surface area contributed by atoms with E-state index in [0.29, 0.717) is 32.2 Å². The van der Waals surface area contributed by atoms with Crippen molar-refractivity contribution in [2.75, 3.05) is 20.6 Å². The van der Waals surface area contributed by atoms with Gasteiger partial charge in [-0.25, -0.2) is 0 Å². The van der Waals surface area contributed by atoms with Crippen molar-refractivity contribution in [2.45, 2.75) is 130 Å². The zero-order valence-electron chi connectivity index (χ0n) is 29.4. The van der Waals surface area contributed by atoms with Gasteiger partial charge in [0.1, 0.15) is 12.2 Å². The van der Waals surface area contributed by atoms with Gasteiger partial charge in [-0.15, -0.1) is 0 Å². The molecule has 0 aromatic carbocycles. The lowest BCUT2D eigenvalue weighted by Crippen LogP contribution is -2.72. The molecule has 4 aliphatic carbocycles. The van der Waals surface area contributed by atoms with Gasteiger partial charge in [0.2, 0.25) is 5.91 Å². The summed E-state index contributed by atoms with van der Waals surface area (Å²) in [5, 5.41) is 23.7. The number of rotatable bonds is 8. The smallest absolute Gasteiger partial charge is 0.306 e. The van der Waals surface area contributed by atoms with Crippen molar-refractivity contribution in [1.29, 1.82) is 0 Å². The fourth-order valence-corrected chi connectivity index (χ4v) is 11.3. The third-order valence-corrected chi connectivity index (χ3v) is 13.5. The van der Waals surface area contributed by atoms with E-state index in [2.05, 4.69) is 53.6 Å². The van der Waals surface area contributed by atoms with Gasteiger partial charge in [0.15, 0.2) is 0 Å². The van der Waals surface area contributed by atoms with E-state index in [1.54, 1.807) is 0 Å². The molecule has 1 saturated heterocycles. The second-order valence-electron chi connectivity index (χ2n) is 16.9. The summed E-state index contributed by atoms with van der Waals surface area (Å²) in [4.78, 5) is 43.4. The molecule has 256 valence electrons. The van der Waals surface area contributed by atoms with Crippen LogP contribution < -0.4 is 0 Å². The summed E-state index contributed by atoms with van der Waals surface area (Å²) in [5.41, 5.74) is -0.922. The SMILES string of the molecule is CC(=O)O[C@@H]1C[C@H](N2C[C@H](C(C)C)C2=O)[C@H](O)[C@@H]2CC[C@@H]3[C@H]([C@H](OC(=O)CC(C)C)C[C@]4(C)[C@@H]([C@H](C)N(C)C)[C@@H](O)C[C@@H]34)[C@@]12C. The van der Waals surface area contributed by atoms with Crippen LogP contribution in [0.2, 0.25) is 0 Å². The van der Waals surface area contributed by atoms with Crippen LogP contribution >= 0.6 is 0 Å². The third kappa shape index (κ3) is 5.64. The Morgan fingerprint density at radius 1 is 1.02 bits per heavy atom. The summed E-state index contributed by atoms with van der Waals surface area (Å²) in [5.74, 6) is -0.201. The van der Waals surface area contributed by atoms with Crippen LogP contribution in [0.3, 0.4) is 0 Å². The molecule has 14 atom stereocenters. The quantitative estimate of drug-likeness (QED) is 0.303. The fourth-order valence-electron chi connectivity index (χ4n) is 11.3. The number of fused-ring (bicyclic) bond motifs is 5. The topological polar surface area (TPSA) is 117 Å². The molecule has 0 unspecified atom stereocenters. The highest BCUT2D eigenvalue weighted by molar-refractivity contribution is 5.85. The minimum Gasteiger partial charge on any atom is -0.462 e. The van der Waals surface area contributed by atoms with Crippen LogP contribution in [0.15, 0.2) is 0 Å². The van der Waals surface area contributed by atoms with Crippen LogP contribution in [-0.4, -0.2) is 95.0 Å². The van der Waals surface area contributed by atoms with Gasteiger partial charge in [0, 0.05) is 49.6 Å². The van der Waals surface area contributed by atoms with Crippen molar-refractivity contribution < 1.29 is 34.1 Å². The molecule has 5 rings (SSSR count). The first-order valence-corrected chi connectivity index (χ1v) is 17.6. The van der Waals surface area contributed by atoms with E-state index >= 15 is 0 Å². The van der Waals surface area contributed by atoms with E-state index in [4.69, 9.17) is 9.47 Å². The first kappa shape index (κ1) is 34.6. The molecule has 2 N–H and O–H groups in total. The Labute approximate surface area is 270 Å². The van der Waals surface area contributed by atoms with E-state index in [1.807, 2.05) is 18.7 Å². The number of aliphatic hydroxyl groups excluding tert-OH is 2. The average molecular weight is 633 g/mol. The van der Waals surface area contributed by atoms with Gasteiger partial charge in [0.25, 0.3) is 0 Å². The summed E-state index contributed by atoms with van der Waals surface area (Å²) in [6, 6.07) is -0.277. The van der Waals surface area contributed by atoms with Crippen LogP contribution in [0, 0.1) is 58.2 Å². The van der Waals surface area contributed by atoms with Crippen molar-refractivity contribution in [2.24, 2.45) is 58.2 Å². The average Bonchev–Trinajstić information content (AvgIpc) is 3.18. The number of carbonyl (C=O) groups excluding carboxylic acids is 3. The second-order valence-corrected chi connectivity index (χ2v) is 16.9. The normalized spacial score (nSPS) is 45.1. The van der Waals surface area contributed by atoms with Gasteiger partial charge in [0.05, 0.1) is 24.2 Å². The highest BCUT2D eigenvalue weighted by atomic mass is 16.6. The van der Waals surface area contributed by atoms with Crippen LogP contribution in [0.4, 0.5) is 0 Å². The van der Waals surface area contributed by atoms with Crippen LogP contribution in [0.25, 0.3) is 0 Å². The highest BCUT2D eigenvalue weighted by Gasteiger charge is 2.70. The van der Waals surface area contributed by atoms with Crippen molar-refractivity contribution in [3.8, 4) is 0 Å². The summed E-state index contributed by atoms with van der Waals surface area (Å²) >= 11 is 0. The Kier molecular flexibility index (Phi) is 9.53. The summed E-state index contributed by atoms with van der Waals surface area (Å²) in [7, 11) is 4.11. The lowest BCUT2D eigenvalue weighted by Gasteiger charge is -2.66. The van der Waals surface area contributed by atoms with Gasteiger partial charge in [-0.1, -0.05) is 41.5 Å². The fraction of sp³-hybridized carbons (Fsp3) is 0.917. The molecule has 5 aliphatic rings. The van der Waals surface area contributed by atoms with Gasteiger partial charge >= 0.3 is 11.9 Å². The number of amides is 1. The maximum absolute atomic E-state index is 13.4. The summed E-state index contributed by atoms with van der Waals surface area (Å²) in [6.07, 6.45) is 1.35. The summed E-state index contributed by atoms with van der Waals surface area (Å²) < 4.78 is 12.7. The summed E-state index contributed by atoms with van der Waals surface area (Å²) in [6.45, 7) is 16.8. The monoisotopic (exact) mass is 632 g/mol. The van der Waals surface area contributed by atoms with E-state index in [1.165, 1.54) is 6.92 Å². The second kappa shape index (κ2) is 12.4. The molecule has 9 nitrogen and oxygen atoms in total. The van der Waals surface area contributed by atoms with E-state index in [-0.39, 0.29) is 76.6 Å². The number of β-lactam (4-membered cyclic amide) rings is 1.